The van der Waals surface area contributed by atoms with Crippen molar-refractivity contribution in [3.8, 4) is 0 Å². The average molecular weight is 272 g/mol. The molecule has 2 nitrogen and oxygen atoms in total. The maximum absolute atomic E-state index is 13.8. The molecule has 0 atom stereocenters. The van der Waals surface area contributed by atoms with Gasteiger partial charge in [0.1, 0.15) is 5.82 Å². The molecule has 2 aromatic carbocycles. The monoisotopic (exact) mass is 272 g/mol. The summed E-state index contributed by atoms with van der Waals surface area (Å²) >= 11 is 0. The molecule has 20 heavy (non-hydrogen) atoms. The van der Waals surface area contributed by atoms with Crippen molar-refractivity contribution in [1.29, 1.82) is 0 Å². The molecule has 2 rings (SSSR count). The van der Waals surface area contributed by atoms with Crippen LogP contribution in [0.4, 0.5) is 15.8 Å². The first-order valence-corrected chi connectivity index (χ1v) is 6.92. The molecule has 0 amide bonds. The lowest BCUT2D eigenvalue weighted by atomic mass is 10.1. The number of hydrogen-bond acceptors (Lipinski definition) is 2. The standard InChI is InChI=1S/C17H21FN2/c1-4-20(16-7-5-6-13(2)8-16)17-10-14(12-19-3)9-15(18)11-17/h5-11,19H,4,12H2,1-3H3. The number of aryl methyl sites for hydroxylation is 1. The van der Waals surface area contributed by atoms with Crippen molar-refractivity contribution in [2.45, 2.75) is 20.4 Å². The van der Waals surface area contributed by atoms with E-state index in [0.29, 0.717) is 6.54 Å². The van der Waals surface area contributed by atoms with Crippen molar-refractivity contribution in [3.63, 3.8) is 0 Å². The number of halogens is 1. The molecule has 0 spiro atoms. The van der Waals surface area contributed by atoms with E-state index in [9.17, 15) is 4.39 Å². The summed E-state index contributed by atoms with van der Waals surface area (Å²) in [6, 6.07) is 13.5. The summed E-state index contributed by atoms with van der Waals surface area (Å²) in [6.45, 7) is 5.60. The molecule has 0 bridgehead atoms. The minimum absolute atomic E-state index is 0.196. The Hall–Kier alpha value is -1.87. The van der Waals surface area contributed by atoms with Gasteiger partial charge in [-0.1, -0.05) is 12.1 Å². The Labute approximate surface area is 120 Å². The Morgan fingerprint density at radius 3 is 2.55 bits per heavy atom. The third-order valence-corrected chi connectivity index (χ3v) is 3.26. The van der Waals surface area contributed by atoms with Gasteiger partial charge in [0, 0.05) is 24.5 Å². The van der Waals surface area contributed by atoms with Gasteiger partial charge in [0.15, 0.2) is 0 Å². The molecule has 0 aliphatic heterocycles. The summed E-state index contributed by atoms with van der Waals surface area (Å²) in [4.78, 5) is 2.12. The van der Waals surface area contributed by atoms with E-state index in [1.807, 2.05) is 19.2 Å². The summed E-state index contributed by atoms with van der Waals surface area (Å²) in [5.41, 5.74) is 4.14. The van der Waals surface area contributed by atoms with E-state index in [2.05, 4.69) is 42.3 Å². The highest BCUT2D eigenvalue weighted by atomic mass is 19.1. The lowest BCUT2D eigenvalue weighted by molar-refractivity contribution is 0.623. The zero-order chi connectivity index (χ0) is 14.5. The van der Waals surface area contributed by atoms with Gasteiger partial charge in [-0.2, -0.15) is 0 Å². The molecule has 0 heterocycles. The van der Waals surface area contributed by atoms with E-state index in [1.54, 1.807) is 12.1 Å². The Kier molecular flexibility index (Phi) is 4.74. The minimum Gasteiger partial charge on any atom is -0.342 e. The quantitative estimate of drug-likeness (QED) is 0.884. The molecule has 0 radical (unpaired) electrons. The second-order valence-corrected chi connectivity index (χ2v) is 4.93. The maximum atomic E-state index is 13.8. The van der Waals surface area contributed by atoms with Crippen LogP contribution in [0.25, 0.3) is 0 Å². The third kappa shape index (κ3) is 3.36. The lowest BCUT2D eigenvalue weighted by Crippen LogP contribution is -2.17. The Morgan fingerprint density at radius 1 is 1.10 bits per heavy atom. The van der Waals surface area contributed by atoms with Crippen LogP contribution < -0.4 is 10.2 Å². The highest BCUT2D eigenvalue weighted by molar-refractivity contribution is 5.64. The molecule has 2 aromatic rings. The normalized spacial score (nSPS) is 10.6. The summed E-state index contributed by atoms with van der Waals surface area (Å²) in [5.74, 6) is -0.196. The molecule has 0 aromatic heterocycles. The summed E-state index contributed by atoms with van der Waals surface area (Å²) in [6.07, 6.45) is 0. The fraction of sp³-hybridized carbons (Fsp3) is 0.294. The van der Waals surface area contributed by atoms with Crippen molar-refractivity contribution < 1.29 is 4.39 Å². The smallest absolute Gasteiger partial charge is 0.125 e. The lowest BCUT2D eigenvalue weighted by Gasteiger charge is -2.24. The first kappa shape index (κ1) is 14.5. The van der Waals surface area contributed by atoms with Crippen LogP contribution in [0.5, 0.6) is 0 Å². The van der Waals surface area contributed by atoms with Crippen molar-refractivity contribution in [2.24, 2.45) is 0 Å². The number of rotatable bonds is 5. The molecular formula is C17H21FN2. The second-order valence-electron chi connectivity index (χ2n) is 4.93. The molecule has 1 N–H and O–H groups in total. The van der Waals surface area contributed by atoms with Crippen LogP contribution in [0.3, 0.4) is 0 Å². The van der Waals surface area contributed by atoms with Crippen LogP contribution in [0.15, 0.2) is 42.5 Å². The molecule has 0 saturated heterocycles. The fourth-order valence-corrected chi connectivity index (χ4v) is 2.41. The number of anilines is 2. The Balaban J connectivity index is 2.41. The SMILES string of the molecule is CCN(c1cccc(C)c1)c1cc(F)cc(CNC)c1. The van der Waals surface area contributed by atoms with E-state index in [0.717, 1.165) is 23.5 Å². The van der Waals surface area contributed by atoms with Crippen molar-refractivity contribution >= 4 is 11.4 Å². The molecule has 0 unspecified atom stereocenters. The van der Waals surface area contributed by atoms with Gasteiger partial charge < -0.3 is 10.2 Å². The molecule has 0 aliphatic carbocycles. The van der Waals surface area contributed by atoms with E-state index in [1.165, 1.54) is 5.56 Å². The van der Waals surface area contributed by atoms with Crippen LogP contribution in [0.2, 0.25) is 0 Å². The number of nitrogens with one attached hydrogen (secondary N) is 1. The Bertz CT molecular complexity index is 581. The molecule has 0 saturated carbocycles. The van der Waals surface area contributed by atoms with Crippen molar-refractivity contribution in [1.82, 2.24) is 5.32 Å². The number of hydrogen-bond donors (Lipinski definition) is 1. The highest BCUT2D eigenvalue weighted by Crippen LogP contribution is 2.27. The molecule has 0 aliphatic rings. The van der Waals surface area contributed by atoms with Gasteiger partial charge in [-0.05, 0) is 62.4 Å². The number of benzene rings is 2. The first-order valence-electron chi connectivity index (χ1n) is 6.92. The minimum atomic E-state index is -0.196. The molecule has 106 valence electrons. The fourth-order valence-electron chi connectivity index (χ4n) is 2.41. The zero-order valence-electron chi connectivity index (χ0n) is 12.3. The van der Waals surface area contributed by atoms with Crippen molar-refractivity contribution in [3.05, 3.63) is 59.4 Å². The van der Waals surface area contributed by atoms with Gasteiger partial charge in [0.25, 0.3) is 0 Å². The highest BCUT2D eigenvalue weighted by Gasteiger charge is 2.10. The van der Waals surface area contributed by atoms with Gasteiger partial charge in [-0.3, -0.25) is 0 Å². The van der Waals surface area contributed by atoms with Gasteiger partial charge in [-0.15, -0.1) is 0 Å². The van der Waals surface area contributed by atoms with Gasteiger partial charge >= 0.3 is 0 Å². The van der Waals surface area contributed by atoms with Gasteiger partial charge in [0.2, 0.25) is 0 Å². The van der Waals surface area contributed by atoms with Crippen LogP contribution in [0.1, 0.15) is 18.1 Å². The van der Waals surface area contributed by atoms with E-state index >= 15 is 0 Å². The van der Waals surface area contributed by atoms with Crippen LogP contribution in [0, 0.1) is 12.7 Å². The van der Waals surface area contributed by atoms with Gasteiger partial charge in [-0.25, -0.2) is 4.39 Å². The molecular weight excluding hydrogens is 251 g/mol. The molecule has 3 heteroatoms. The Morgan fingerprint density at radius 2 is 1.90 bits per heavy atom. The number of nitrogens with zero attached hydrogens (tertiary/aromatic N) is 1. The average Bonchev–Trinajstić information content (AvgIpc) is 2.39. The largest absolute Gasteiger partial charge is 0.342 e. The van der Waals surface area contributed by atoms with Gasteiger partial charge in [0.05, 0.1) is 0 Å². The van der Waals surface area contributed by atoms with E-state index < -0.39 is 0 Å². The topological polar surface area (TPSA) is 15.3 Å². The van der Waals surface area contributed by atoms with Crippen LogP contribution in [-0.4, -0.2) is 13.6 Å². The van der Waals surface area contributed by atoms with E-state index in [-0.39, 0.29) is 5.82 Å². The predicted molar refractivity (Wildman–Crippen MR) is 83.0 cm³/mol. The second kappa shape index (κ2) is 6.53. The third-order valence-electron chi connectivity index (χ3n) is 3.26. The van der Waals surface area contributed by atoms with Crippen LogP contribution in [-0.2, 0) is 6.54 Å². The van der Waals surface area contributed by atoms with E-state index in [4.69, 9.17) is 0 Å². The summed E-state index contributed by atoms with van der Waals surface area (Å²) < 4.78 is 13.8. The first-order chi connectivity index (χ1) is 9.63. The summed E-state index contributed by atoms with van der Waals surface area (Å²) in [7, 11) is 1.86. The predicted octanol–water partition coefficient (Wildman–Crippen LogP) is 4.01. The summed E-state index contributed by atoms with van der Waals surface area (Å²) in [5, 5.41) is 3.06. The zero-order valence-corrected chi connectivity index (χ0v) is 12.3. The molecule has 0 fully saturated rings. The maximum Gasteiger partial charge on any atom is 0.125 e. The van der Waals surface area contributed by atoms with Crippen LogP contribution >= 0.6 is 0 Å². The van der Waals surface area contributed by atoms with Crippen molar-refractivity contribution in [2.75, 3.05) is 18.5 Å².